The number of aromatic hydroxyl groups is 1. The lowest BCUT2D eigenvalue weighted by Gasteiger charge is -2.22. The molecule has 9 heteroatoms. The Morgan fingerprint density at radius 1 is 1.17 bits per heavy atom. The van der Waals surface area contributed by atoms with Crippen molar-refractivity contribution in [3.63, 3.8) is 0 Å². The molecule has 30 heavy (non-hydrogen) atoms. The molecule has 0 saturated heterocycles. The van der Waals surface area contributed by atoms with Gasteiger partial charge in [0.1, 0.15) is 23.2 Å². The molecular weight excluding hydrogens is 395 g/mol. The zero-order valence-corrected chi connectivity index (χ0v) is 16.9. The van der Waals surface area contributed by atoms with Crippen molar-refractivity contribution >= 4 is 5.82 Å². The van der Waals surface area contributed by atoms with E-state index in [0.29, 0.717) is 11.7 Å². The van der Waals surface area contributed by atoms with Gasteiger partial charge in [0.05, 0.1) is 16.8 Å². The summed E-state index contributed by atoms with van der Waals surface area (Å²) in [5.74, 6) is -0.644. The van der Waals surface area contributed by atoms with Gasteiger partial charge in [-0.2, -0.15) is 18.4 Å². The quantitative estimate of drug-likeness (QED) is 0.720. The zero-order valence-electron chi connectivity index (χ0n) is 16.9. The van der Waals surface area contributed by atoms with Gasteiger partial charge >= 0.3 is 6.18 Å². The van der Waals surface area contributed by atoms with Crippen molar-refractivity contribution in [2.75, 3.05) is 19.8 Å². The normalized spacial score (nSPS) is 20.0. The highest BCUT2D eigenvalue weighted by atomic mass is 19.4. The maximum absolute atomic E-state index is 13.1. The van der Waals surface area contributed by atoms with E-state index in [2.05, 4.69) is 14.9 Å². The average molecular weight is 419 g/mol. The van der Waals surface area contributed by atoms with E-state index in [1.54, 1.807) is 0 Å². The van der Waals surface area contributed by atoms with Crippen molar-refractivity contribution in [2.24, 2.45) is 0 Å². The molecule has 1 aliphatic carbocycles. The number of halogens is 3. The Bertz CT molecular complexity index is 968. The molecule has 1 saturated carbocycles. The third-order valence-corrected chi connectivity index (χ3v) is 5.70. The Labute approximate surface area is 173 Å². The molecule has 1 aliphatic rings. The summed E-state index contributed by atoms with van der Waals surface area (Å²) in [6, 6.07) is 5.02. The maximum atomic E-state index is 13.1. The summed E-state index contributed by atoms with van der Waals surface area (Å²) in [6.45, 7) is 0. The highest BCUT2D eigenvalue weighted by Crippen LogP contribution is 2.39. The number of nitriles is 1. The fourth-order valence-electron chi connectivity index (χ4n) is 3.99. The number of alkyl halides is 3. The molecule has 0 aliphatic heterocycles. The van der Waals surface area contributed by atoms with E-state index in [4.69, 9.17) is 5.73 Å². The Hall–Kier alpha value is -2.86. The first kappa shape index (κ1) is 21.8. The van der Waals surface area contributed by atoms with E-state index in [9.17, 15) is 23.5 Å². The zero-order chi connectivity index (χ0) is 22.1. The number of phenolic OH excluding ortho intramolecular Hbond substituents is 1. The highest BCUT2D eigenvalue weighted by molar-refractivity contribution is 5.68. The summed E-state index contributed by atoms with van der Waals surface area (Å²) in [5.41, 5.74) is 5.48. The van der Waals surface area contributed by atoms with Crippen LogP contribution in [0.5, 0.6) is 5.75 Å². The fraction of sp³-hybridized carbons (Fsp3) is 0.476. The second kappa shape index (κ2) is 8.48. The van der Waals surface area contributed by atoms with Crippen molar-refractivity contribution in [3.05, 3.63) is 35.0 Å². The van der Waals surface area contributed by atoms with Gasteiger partial charge in [-0.1, -0.05) is 6.42 Å². The third kappa shape index (κ3) is 4.49. The molecule has 0 amide bonds. The molecule has 3 N–H and O–H groups in total. The predicted octanol–water partition coefficient (Wildman–Crippen LogP) is 4.30. The number of rotatable bonds is 3. The largest absolute Gasteiger partial charge is 0.507 e. The number of nitrogens with zero attached hydrogens (tertiary/aromatic N) is 4. The Morgan fingerprint density at radius 2 is 1.90 bits per heavy atom. The predicted molar refractivity (Wildman–Crippen MR) is 107 cm³/mol. The number of phenols is 1. The number of aromatic nitrogens is 2. The molecule has 3 rings (SSSR count). The van der Waals surface area contributed by atoms with Crippen LogP contribution in [0.1, 0.15) is 54.8 Å². The second-order valence-corrected chi connectivity index (χ2v) is 7.86. The summed E-state index contributed by atoms with van der Waals surface area (Å²) in [7, 11) is 4.06. The van der Waals surface area contributed by atoms with Crippen molar-refractivity contribution in [1.82, 2.24) is 14.9 Å². The molecule has 0 bridgehead atoms. The summed E-state index contributed by atoms with van der Waals surface area (Å²) in [5, 5.41) is 19.7. The minimum atomic E-state index is -4.58. The summed E-state index contributed by atoms with van der Waals surface area (Å²) < 4.78 is 39.4. The molecule has 2 atom stereocenters. The van der Waals surface area contributed by atoms with Gasteiger partial charge in [0.2, 0.25) is 0 Å². The maximum Gasteiger partial charge on any atom is 0.416 e. The number of hydrogen-bond acceptors (Lipinski definition) is 6. The van der Waals surface area contributed by atoms with Crippen molar-refractivity contribution in [3.8, 4) is 23.2 Å². The van der Waals surface area contributed by atoms with Crippen LogP contribution in [-0.2, 0) is 6.18 Å². The molecule has 0 spiro atoms. The van der Waals surface area contributed by atoms with Crippen molar-refractivity contribution in [1.29, 1.82) is 5.26 Å². The molecule has 1 aromatic carbocycles. The molecule has 2 aromatic rings. The molecule has 1 fully saturated rings. The van der Waals surface area contributed by atoms with E-state index in [0.717, 1.165) is 50.3 Å². The van der Waals surface area contributed by atoms with Crippen LogP contribution in [0, 0.1) is 11.3 Å². The van der Waals surface area contributed by atoms with Gasteiger partial charge in [-0.25, -0.2) is 9.97 Å². The first-order valence-corrected chi connectivity index (χ1v) is 9.76. The Balaban J connectivity index is 2.06. The lowest BCUT2D eigenvalue weighted by atomic mass is 9.93. The molecule has 1 aromatic heterocycles. The van der Waals surface area contributed by atoms with Crippen molar-refractivity contribution < 1.29 is 18.3 Å². The Morgan fingerprint density at radius 3 is 2.53 bits per heavy atom. The van der Waals surface area contributed by atoms with Crippen molar-refractivity contribution in [2.45, 2.75) is 50.2 Å². The molecule has 6 nitrogen and oxygen atoms in total. The lowest BCUT2D eigenvalue weighted by Crippen LogP contribution is -2.27. The number of anilines is 1. The molecular formula is C21H24F3N5O. The van der Waals surface area contributed by atoms with Crippen LogP contribution in [0.2, 0.25) is 0 Å². The summed E-state index contributed by atoms with van der Waals surface area (Å²) in [4.78, 5) is 10.6. The van der Waals surface area contributed by atoms with E-state index >= 15 is 0 Å². The third-order valence-electron chi connectivity index (χ3n) is 5.70. The molecule has 2 unspecified atom stereocenters. The number of hydrogen-bond donors (Lipinski definition) is 2. The summed E-state index contributed by atoms with van der Waals surface area (Å²) in [6.07, 6.45) is -0.131. The van der Waals surface area contributed by atoms with E-state index in [-0.39, 0.29) is 34.4 Å². The van der Waals surface area contributed by atoms with Gasteiger partial charge in [0.15, 0.2) is 5.82 Å². The highest BCUT2D eigenvalue weighted by Gasteiger charge is 2.32. The summed E-state index contributed by atoms with van der Waals surface area (Å²) >= 11 is 0. The Kier molecular flexibility index (Phi) is 6.17. The molecule has 160 valence electrons. The first-order valence-electron chi connectivity index (χ1n) is 9.76. The van der Waals surface area contributed by atoms with Crippen LogP contribution in [0.15, 0.2) is 18.2 Å². The fourth-order valence-corrected chi connectivity index (χ4v) is 3.99. The number of nitrogens with two attached hydrogens (primary N) is 1. The number of nitrogen functional groups attached to an aromatic ring is 1. The van der Waals surface area contributed by atoms with Gasteiger partial charge in [0.25, 0.3) is 0 Å². The van der Waals surface area contributed by atoms with Gasteiger partial charge in [-0.15, -0.1) is 0 Å². The van der Waals surface area contributed by atoms with E-state index in [1.165, 1.54) is 0 Å². The standard InChI is InChI=1S/C21H24F3N5O/c1-29(2)14-5-3-4-12(6-8-14)18-16(11-25)19(26)28-20(27-18)15-10-13(21(22,23)24)7-9-17(15)30/h7,9-10,12,14,30H,3-6,8H2,1-2H3,(H2,26,27,28). The first-order chi connectivity index (χ1) is 14.1. The minimum absolute atomic E-state index is 0.0541. The van der Waals surface area contributed by atoms with Crippen LogP contribution in [0.25, 0.3) is 11.4 Å². The van der Waals surface area contributed by atoms with Crippen LogP contribution in [0.3, 0.4) is 0 Å². The van der Waals surface area contributed by atoms with Gasteiger partial charge in [-0.3, -0.25) is 0 Å². The topological polar surface area (TPSA) is 99.1 Å². The van der Waals surface area contributed by atoms with Crippen LogP contribution < -0.4 is 5.73 Å². The molecule has 0 radical (unpaired) electrons. The van der Waals surface area contributed by atoms with E-state index < -0.39 is 11.7 Å². The smallest absolute Gasteiger partial charge is 0.416 e. The van der Waals surface area contributed by atoms with Crippen LogP contribution in [0.4, 0.5) is 19.0 Å². The lowest BCUT2D eigenvalue weighted by molar-refractivity contribution is -0.137. The average Bonchev–Trinajstić information content (AvgIpc) is 2.93. The molecule has 1 heterocycles. The van der Waals surface area contributed by atoms with Gasteiger partial charge < -0.3 is 15.7 Å². The second-order valence-electron chi connectivity index (χ2n) is 7.86. The van der Waals surface area contributed by atoms with Crippen LogP contribution in [-0.4, -0.2) is 40.1 Å². The van der Waals surface area contributed by atoms with Crippen LogP contribution >= 0.6 is 0 Å². The van der Waals surface area contributed by atoms with E-state index in [1.807, 2.05) is 20.2 Å². The van der Waals surface area contributed by atoms with Gasteiger partial charge in [-0.05, 0) is 58.0 Å². The SMILES string of the molecule is CN(C)C1CCCC(c2nc(-c3cc(C(F)(F)F)ccc3O)nc(N)c2C#N)CC1. The van der Waals surface area contributed by atoms with Gasteiger partial charge in [0, 0.05) is 12.0 Å². The monoisotopic (exact) mass is 419 g/mol. The number of benzene rings is 1. The minimum Gasteiger partial charge on any atom is -0.507 e.